The van der Waals surface area contributed by atoms with Crippen molar-refractivity contribution < 1.29 is 14.0 Å². The Bertz CT molecular complexity index is 1430. The molecule has 180 valence electrons. The zero-order valence-electron chi connectivity index (χ0n) is 19.8. The SMILES string of the molecule is CC(=O)N1C=Cc2ccccc2[C@H]1CC(=O)NCc1cn(-c2ccccc2)nc1-c1ccc(F)cc1. The van der Waals surface area contributed by atoms with E-state index in [-0.39, 0.29) is 36.6 Å². The van der Waals surface area contributed by atoms with Crippen LogP contribution in [0.3, 0.4) is 0 Å². The smallest absolute Gasteiger partial charge is 0.223 e. The molecule has 2 heterocycles. The van der Waals surface area contributed by atoms with Crippen molar-refractivity contribution in [1.82, 2.24) is 20.0 Å². The molecule has 1 aliphatic rings. The van der Waals surface area contributed by atoms with Crippen LogP contribution in [0.1, 0.15) is 36.1 Å². The summed E-state index contributed by atoms with van der Waals surface area (Å²) in [6.07, 6.45) is 5.62. The monoisotopic (exact) mass is 480 g/mol. The van der Waals surface area contributed by atoms with Gasteiger partial charge in [-0.25, -0.2) is 9.07 Å². The zero-order valence-corrected chi connectivity index (χ0v) is 19.8. The first-order chi connectivity index (χ1) is 17.5. The molecule has 0 unspecified atom stereocenters. The van der Waals surface area contributed by atoms with Crippen LogP contribution in [0.25, 0.3) is 23.0 Å². The van der Waals surface area contributed by atoms with Crippen LogP contribution >= 0.6 is 0 Å². The maximum absolute atomic E-state index is 13.5. The summed E-state index contributed by atoms with van der Waals surface area (Å²) in [7, 11) is 0. The van der Waals surface area contributed by atoms with Gasteiger partial charge in [-0.3, -0.25) is 9.59 Å². The Kier molecular flexibility index (Phi) is 6.45. The number of benzene rings is 3. The number of para-hydroxylation sites is 1. The number of fused-ring (bicyclic) bond motifs is 1. The number of amides is 2. The van der Waals surface area contributed by atoms with Gasteiger partial charge < -0.3 is 10.2 Å². The Morgan fingerprint density at radius 3 is 2.44 bits per heavy atom. The van der Waals surface area contributed by atoms with Crippen LogP contribution in [-0.4, -0.2) is 26.5 Å². The van der Waals surface area contributed by atoms with Gasteiger partial charge in [-0.15, -0.1) is 0 Å². The molecule has 0 aliphatic carbocycles. The van der Waals surface area contributed by atoms with E-state index in [0.29, 0.717) is 5.69 Å². The number of carbonyl (C=O) groups is 2. The van der Waals surface area contributed by atoms with Crippen LogP contribution in [0.4, 0.5) is 4.39 Å². The van der Waals surface area contributed by atoms with Crippen molar-refractivity contribution in [2.75, 3.05) is 0 Å². The molecule has 0 spiro atoms. The lowest BCUT2D eigenvalue weighted by atomic mass is 9.93. The molecule has 0 saturated heterocycles. The maximum atomic E-state index is 13.5. The number of hydrogen-bond acceptors (Lipinski definition) is 3. The third-order valence-corrected chi connectivity index (χ3v) is 6.25. The normalized spacial score (nSPS) is 14.4. The average molecular weight is 481 g/mol. The highest BCUT2D eigenvalue weighted by molar-refractivity contribution is 5.82. The number of rotatable bonds is 6. The first-order valence-corrected chi connectivity index (χ1v) is 11.7. The van der Waals surface area contributed by atoms with Gasteiger partial charge in [0, 0.05) is 37.0 Å². The minimum Gasteiger partial charge on any atom is -0.352 e. The molecule has 36 heavy (non-hydrogen) atoms. The van der Waals surface area contributed by atoms with Gasteiger partial charge in [-0.05, 0) is 53.6 Å². The summed E-state index contributed by atoms with van der Waals surface area (Å²) in [5.41, 5.74) is 5.02. The molecule has 0 radical (unpaired) electrons. The summed E-state index contributed by atoms with van der Waals surface area (Å²) in [5, 5.41) is 7.71. The van der Waals surface area contributed by atoms with E-state index < -0.39 is 0 Å². The molecule has 0 bridgehead atoms. The molecule has 0 fully saturated rings. The number of carbonyl (C=O) groups excluding carboxylic acids is 2. The van der Waals surface area contributed by atoms with Gasteiger partial charge in [0.25, 0.3) is 0 Å². The van der Waals surface area contributed by atoms with Gasteiger partial charge in [0.15, 0.2) is 0 Å². The highest BCUT2D eigenvalue weighted by Crippen LogP contribution is 2.33. The number of nitrogens with zero attached hydrogens (tertiary/aromatic N) is 3. The Morgan fingerprint density at radius 2 is 1.69 bits per heavy atom. The molecule has 5 rings (SSSR count). The second kappa shape index (κ2) is 10.00. The summed E-state index contributed by atoms with van der Waals surface area (Å²) in [5.74, 6) is -0.636. The van der Waals surface area contributed by atoms with Crippen LogP contribution in [0.5, 0.6) is 0 Å². The Labute approximate surface area is 208 Å². The van der Waals surface area contributed by atoms with E-state index in [9.17, 15) is 14.0 Å². The molecule has 2 amide bonds. The third kappa shape index (κ3) is 4.81. The molecule has 1 N–H and O–H groups in total. The molecule has 6 nitrogen and oxygen atoms in total. The lowest BCUT2D eigenvalue weighted by molar-refractivity contribution is -0.130. The standard InChI is InChI=1S/C29H25FN4O2/c1-20(35)33-16-15-21-7-5-6-10-26(21)27(33)17-28(36)31-18-23-19-34(25-8-3-2-4-9-25)32-29(23)22-11-13-24(30)14-12-22/h2-16,19,27H,17-18H2,1H3,(H,31,36)/t27-/m1/s1. The van der Waals surface area contributed by atoms with Gasteiger partial charge in [-0.2, -0.15) is 5.10 Å². The topological polar surface area (TPSA) is 67.2 Å². The Hall–Kier alpha value is -4.52. The quantitative estimate of drug-likeness (QED) is 0.409. The van der Waals surface area contributed by atoms with Crippen molar-refractivity contribution >= 4 is 17.9 Å². The summed E-state index contributed by atoms with van der Waals surface area (Å²) in [4.78, 5) is 26.9. The average Bonchev–Trinajstić information content (AvgIpc) is 3.33. The number of nitrogens with one attached hydrogen (secondary N) is 1. The molecule has 4 aromatic rings. The van der Waals surface area contributed by atoms with Crippen LogP contribution < -0.4 is 5.32 Å². The lowest BCUT2D eigenvalue weighted by Crippen LogP contribution is -2.35. The van der Waals surface area contributed by atoms with Crippen molar-refractivity contribution in [3.8, 4) is 16.9 Å². The first-order valence-electron chi connectivity index (χ1n) is 11.7. The largest absolute Gasteiger partial charge is 0.352 e. The maximum Gasteiger partial charge on any atom is 0.223 e. The van der Waals surface area contributed by atoms with Gasteiger partial charge >= 0.3 is 0 Å². The van der Waals surface area contributed by atoms with Gasteiger partial charge in [0.05, 0.1) is 23.8 Å². The summed E-state index contributed by atoms with van der Waals surface area (Å²) in [6, 6.07) is 23.2. The van der Waals surface area contributed by atoms with Crippen molar-refractivity contribution in [1.29, 1.82) is 0 Å². The lowest BCUT2D eigenvalue weighted by Gasteiger charge is -2.32. The van der Waals surface area contributed by atoms with Gasteiger partial charge in [-0.1, -0.05) is 42.5 Å². The van der Waals surface area contributed by atoms with Crippen molar-refractivity contribution in [3.05, 3.63) is 114 Å². The van der Waals surface area contributed by atoms with Crippen molar-refractivity contribution in [2.24, 2.45) is 0 Å². The van der Waals surface area contributed by atoms with E-state index in [1.54, 1.807) is 27.9 Å². The van der Waals surface area contributed by atoms with Crippen LogP contribution in [-0.2, 0) is 16.1 Å². The van der Waals surface area contributed by atoms with E-state index >= 15 is 0 Å². The molecule has 1 aromatic heterocycles. The predicted octanol–water partition coefficient (Wildman–Crippen LogP) is 5.26. The summed E-state index contributed by atoms with van der Waals surface area (Å²) in [6.45, 7) is 1.73. The number of aromatic nitrogens is 2. The molecule has 1 atom stereocenters. The molecular weight excluding hydrogens is 455 g/mol. The predicted molar refractivity (Wildman–Crippen MR) is 136 cm³/mol. The summed E-state index contributed by atoms with van der Waals surface area (Å²) < 4.78 is 15.3. The molecule has 0 saturated carbocycles. The Morgan fingerprint density at radius 1 is 0.972 bits per heavy atom. The molecule has 3 aromatic carbocycles. The second-order valence-corrected chi connectivity index (χ2v) is 8.66. The highest BCUT2D eigenvalue weighted by atomic mass is 19.1. The fourth-order valence-corrected chi connectivity index (χ4v) is 4.46. The van der Waals surface area contributed by atoms with Crippen LogP contribution in [0.15, 0.2) is 91.3 Å². The highest BCUT2D eigenvalue weighted by Gasteiger charge is 2.28. The van der Waals surface area contributed by atoms with E-state index in [1.165, 1.54) is 19.1 Å². The second-order valence-electron chi connectivity index (χ2n) is 8.66. The minimum atomic E-state index is -0.382. The van der Waals surface area contributed by atoms with E-state index in [2.05, 4.69) is 5.32 Å². The van der Waals surface area contributed by atoms with E-state index in [1.807, 2.05) is 66.9 Å². The fourth-order valence-electron chi connectivity index (χ4n) is 4.46. The van der Waals surface area contributed by atoms with Gasteiger partial charge in [0.1, 0.15) is 5.82 Å². The van der Waals surface area contributed by atoms with Crippen LogP contribution in [0, 0.1) is 5.82 Å². The first kappa shape index (κ1) is 23.2. The van der Waals surface area contributed by atoms with Crippen molar-refractivity contribution in [3.63, 3.8) is 0 Å². The molecule has 7 heteroatoms. The van der Waals surface area contributed by atoms with E-state index in [0.717, 1.165) is 27.9 Å². The molecular formula is C29H25FN4O2. The van der Waals surface area contributed by atoms with Crippen molar-refractivity contribution in [2.45, 2.75) is 25.9 Å². The zero-order chi connectivity index (χ0) is 25.1. The minimum absolute atomic E-state index is 0.124. The number of halogens is 1. The van der Waals surface area contributed by atoms with Gasteiger partial charge in [0.2, 0.25) is 11.8 Å². The fraction of sp³-hybridized carbons (Fsp3) is 0.138. The summed E-state index contributed by atoms with van der Waals surface area (Å²) >= 11 is 0. The van der Waals surface area contributed by atoms with Crippen LogP contribution in [0.2, 0.25) is 0 Å². The number of hydrogen-bond donors (Lipinski definition) is 1. The molecule has 1 aliphatic heterocycles. The van der Waals surface area contributed by atoms with E-state index in [4.69, 9.17) is 5.10 Å². The Balaban J connectivity index is 1.38. The third-order valence-electron chi connectivity index (χ3n) is 6.25.